The number of H-pyrrole nitrogens is 1. The molecule has 1 heterocycles. The van der Waals surface area contributed by atoms with E-state index in [1.165, 1.54) is 0 Å². The fourth-order valence-electron chi connectivity index (χ4n) is 2.94. The van der Waals surface area contributed by atoms with Gasteiger partial charge in [0.1, 0.15) is 12.4 Å². The normalized spacial score (nSPS) is 10.8. The van der Waals surface area contributed by atoms with Crippen LogP contribution in [0.2, 0.25) is 0 Å². The minimum Gasteiger partial charge on any atom is -0.492 e. The number of aromatic nitrogens is 4. The number of fused-ring (bicyclic) bond motifs is 1. The number of tetrazole rings is 1. The van der Waals surface area contributed by atoms with Crippen LogP contribution in [0.5, 0.6) is 5.75 Å². The van der Waals surface area contributed by atoms with Gasteiger partial charge in [-0.2, -0.15) is 5.21 Å². The van der Waals surface area contributed by atoms with E-state index < -0.39 is 0 Å². The van der Waals surface area contributed by atoms with Crippen LogP contribution in [0.25, 0.3) is 22.2 Å². The van der Waals surface area contributed by atoms with E-state index in [2.05, 4.69) is 20.6 Å². The van der Waals surface area contributed by atoms with Crippen molar-refractivity contribution in [2.24, 2.45) is 0 Å². The highest BCUT2D eigenvalue weighted by atomic mass is 16.5. The summed E-state index contributed by atoms with van der Waals surface area (Å²) in [6.45, 7) is 0.921. The Labute approximate surface area is 161 Å². The van der Waals surface area contributed by atoms with Gasteiger partial charge in [0.05, 0.1) is 6.54 Å². The van der Waals surface area contributed by atoms with Crippen LogP contribution in [-0.4, -0.2) is 51.6 Å². The maximum absolute atomic E-state index is 12.3. The van der Waals surface area contributed by atoms with Crippen LogP contribution in [0.15, 0.2) is 66.7 Å². The standard InChI is InChI=1S/C21H19N5O2/c1-26(21(27)15-5-3-2-4-6-15)11-12-28-19-10-9-16-13-18(8-7-17(16)14-19)20-22-24-25-23-20/h2-10,13-14H,11-12H2,1H3,(H,22,23,24,25). The summed E-state index contributed by atoms with van der Waals surface area (Å²) in [6.07, 6.45) is 0. The first-order chi connectivity index (χ1) is 13.7. The maximum Gasteiger partial charge on any atom is 0.253 e. The van der Waals surface area contributed by atoms with Crippen LogP contribution in [0.4, 0.5) is 0 Å². The first-order valence-corrected chi connectivity index (χ1v) is 8.92. The molecule has 4 rings (SSSR count). The predicted octanol–water partition coefficient (Wildman–Crippen LogP) is 3.17. The molecule has 0 atom stereocenters. The van der Waals surface area contributed by atoms with Crippen LogP contribution in [-0.2, 0) is 0 Å². The third-order valence-electron chi connectivity index (χ3n) is 4.48. The number of aromatic amines is 1. The summed E-state index contributed by atoms with van der Waals surface area (Å²) in [4.78, 5) is 14.0. The van der Waals surface area contributed by atoms with E-state index in [9.17, 15) is 4.79 Å². The second kappa shape index (κ2) is 7.87. The van der Waals surface area contributed by atoms with Gasteiger partial charge in [0, 0.05) is 18.2 Å². The molecule has 7 nitrogen and oxygen atoms in total. The number of likely N-dealkylation sites (N-methyl/N-ethyl adjacent to an activating group) is 1. The molecule has 0 aliphatic carbocycles. The maximum atomic E-state index is 12.3. The van der Waals surface area contributed by atoms with Crippen molar-refractivity contribution in [3.05, 3.63) is 72.3 Å². The lowest BCUT2D eigenvalue weighted by Crippen LogP contribution is -2.30. The van der Waals surface area contributed by atoms with Crippen molar-refractivity contribution in [2.75, 3.05) is 20.2 Å². The van der Waals surface area contributed by atoms with E-state index in [1.807, 2.05) is 66.7 Å². The molecule has 28 heavy (non-hydrogen) atoms. The number of carbonyl (C=O) groups excluding carboxylic acids is 1. The fourth-order valence-corrected chi connectivity index (χ4v) is 2.94. The summed E-state index contributed by atoms with van der Waals surface area (Å²) in [5.74, 6) is 1.31. The van der Waals surface area contributed by atoms with Crippen LogP contribution in [0, 0.1) is 0 Å². The van der Waals surface area contributed by atoms with Crippen molar-refractivity contribution in [1.82, 2.24) is 25.5 Å². The van der Waals surface area contributed by atoms with Gasteiger partial charge in [0.2, 0.25) is 5.82 Å². The molecule has 0 unspecified atom stereocenters. The van der Waals surface area contributed by atoms with Crippen molar-refractivity contribution >= 4 is 16.7 Å². The molecule has 1 aromatic heterocycles. The van der Waals surface area contributed by atoms with Gasteiger partial charge in [0.15, 0.2) is 0 Å². The summed E-state index contributed by atoms with van der Waals surface area (Å²) in [6, 6.07) is 21.1. The van der Waals surface area contributed by atoms with E-state index in [-0.39, 0.29) is 5.91 Å². The minimum absolute atomic E-state index is 0.0169. The van der Waals surface area contributed by atoms with Gasteiger partial charge in [-0.05, 0) is 46.3 Å². The Morgan fingerprint density at radius 3 is 2.61 bits per heavy atom. The summed E-state index contributed by atoms with van der Waals surface area (Å²) < 4.78 is 5.84. The Morgan fingerprint density at radius 2 is 1.82 bits per heavy atom. The molecule has 4 aromatic rings. The van der Waals surface area contributed by atoms with Gasteiger partial charge in [-0.3, -0.25) is 4.79 Å². The second-order valence-corrected chi connectivity index (χ2v) is 6.40. The topological polar surface area (TPSA) is 84.0 Å². The Kier molecular flexibility index (Phi) is 4.97. The molecule has 1 amide bonds. The minimum atomic E-state index is -0.0169. The third-order valence-corrected chi connectivity index (χ3v) is 4.48. The van der Waals surface area contributed by atoms with Gasteiger partial charge in [-0.1, -0.05) is 36.4 Å². The van der Waals surface area contributed by atoms with Crippen LogP contribution < -0.4 is 4.74 Å². The van der Waals surface area contributed by atoms with Gasteiger partial charge >= 0.3 is 0 Å². The molecule has 0 spiro atoms. The Bertz CT molecular complexity index is 1080. The Balaban J connectivity index is 1.38. The first-order valence-electron chi connectivity index (χ1n) is 8.92. The first kappa shape index (κ1) is 17.7. The quantitative estimate of drug-likeness (QED) is 0.561. The van der Waals surface area contributed by atoms with E-state index >= 15 is 0 Å². The number of carbonyl (C=O) groups is 1. The van der Waals surface area contributed by atoms with E-state index in [4.69, 9.17) is 4.74 Å². The number of hydrogen-bond acceptors (Lipinski definition) is 5. The molecule has 0 fully saturated rings. The molecule has 140 valence electrons. The highest BCUT2D eigenvalue weighted by Crippen LogP contribution is 2.25. The molecule has 0 saturated carbocycles. The van der Waals surface area contributed by atoms with Crippen molar-refractivity contribution in [1.29, 1.82) is 0 Å². The monoisotopic (exact) mass is 373 g/mol. The number of nitrogens with zero attached hydrogens (tertiary/aromatic N) is 4. The predicted molar refractivity (Wildman–Crippen MR) is 106 cm³/mol. The summed E-state index contributed by atoms with van der Waals surface area (Å²) in [5.41, 5.74) is 1.57. The lowest BCUT2D eigenvalue weighted by molar-refractivity contribution is 0.0774. The molecule has 0 aliphatic rings. The number of amides is 1. The zero-order valence-electron chi connectivity index (χ0n) is 15.4. The molecule has 3 aromatic carbocycles. The highest BCUT2D eigenvalue weighted by Gasteiger charge is 2.11. The number of hydrogen-bond donors (Lipinski definition) is 1. The molecule has 0 radical (unpaired) electrons. The zero-order chi connectivity index (χ0) is 19.3. The van der Waals surface area contributed by atoms with Crippen LogP contribution in [0.3, 0.4) is 0 Å². The largest absolute Gasteiger partial charge is 0.492 e. The fraction of sp³-hybridized carbons (Fsp3) is 0.143. The van der Waals surface area contributed by atoms with Gasteiger partial charge in [-0.25, -0.2) is 0 Å². The Morgan fingerprint density at radius 1 is 1.04 bits per heavy atom. The molecule has 0 bridgehead atoms. The van der Waals surface area contributed by atoms with Gasteiger partial charge < -0.3 is 9.64 Å². The van der Waals surface area contributed by atoms with E-state index in [0.29, 0.717) is 24.5 Å². The summed E-state index contributed by atoms with van der Waals surface area (Å²) in [7, 11) is 1.78. The molecule has 0 saturated heterocycles. The molecule has 1 N–H and O–H groups in total. The molecule has 7 heteroatoms. The van der Waals surface area contributed by atoms with E-state index in [0.717, 1.165) is 22.1 Å². The van der Waals surface area contributed by atoms with Gasteiger partial charge in [-0.15, -0.1) is 10.2 Å². The Hall–Kier alpha value is -3.74. The summed E-state index contributed by atoms with van der Waals surface area (Å²) in [5, 5.41) is 16.2. The third kappa shape index (κ3) is 3.83. The van der Waals surface area contributed by atoms with Crippen molar-refractivity contribution in [2.45, 2.75) is 0 Å². The lowest BCUT2D eigenvalue weighted by Gasteiger charge is -2.17. The highest BCUT2D eigenvalue weighted by molar-refractivity contribution is 5.94. The SMILES string of the molecule is CN(CCOc1ccc2cc(-c3nn[nH]n3)ccc2c1)C(=O)c1ccccc1. The number of rotatable bonds is 6. The molecule has 0 aliphatic heterocycles. The van der Waals surface area contributed by atoms with Crippen molar-refractivity contribution in [3.63, 3.8) is 0 Å². The average molecular weight is 373 g/mol. The van der Waals surface area contributed by atoms with Crippen LogP contribution in [0.1, 0.15) is 10.4 Å². The van der Waals surface area contributed by atoms with Crippen LogP contribution >= 0.6 is 0 Å². The lowest BCUT2D eigenvalue weighted by atomic mass is 10.1. The number of ether oxygens (including phenoxy) is 1. The van der Waals surface area contributed by atoms with Crippen molar-refractivity contribution < 1.29 is 9.53 Å². The number of nitrogens with one attached hydrogen (secondary N) is 1. The van der Waals surface area contributed by atoms with Gasteiger partial charge in [0.25, 0.3) is 5.91 Å². The average Bonchev–Trinajstić information content (AvgIpc) is 3.28. The second-order valence-electron chi connectivity index (χ2n) is 6.40. The molecular weight excluding hydrogens is 354 g/mol. The smallest absolute Gasteiger partial charge is 0.253 e. The van der Waals surface area contributed by atoms with Crippen molar-refractivity contribution in [3.8, 4) is 17.1 Å². The zero-order valence-corrected chi connectivity index (χ0v) is 15.4. The molecular formula is C21H19N5O2. The van der Waals surface area contributed by atoms with E-state index in [1.54, 1.807) is 11.9 Å². The number of benzene rings is 3. The summed E-state index contributed by atoms with van der Waals surface area (Å²) >= 11 is 0.